The quantitative estimate of drug-likeness (QED) is 0.157. The van der Waals surface area contributed by atoms with Crippen molar-refractivity contribution < 1.29 is 4.42 Å². The molecule has 0 saturated heterocycles. The smallest absolute Gasteiger partial charge is 0.136 e. The largest absolute Gasteiger partial charge is 0.456 e. The molecule has 0 fully saturated rings. The number of para-hydroxylation sites is 1. The third kappa shape index (κ3) is 5.65. The monoisotopic (exact) mass is 763 g/mol. The fourth-order valence-electron chi connectivity index (χ4n) is 9.31. The molecule has 2 nitrogen and oxygen atoms in total. The Hall–Kier alpha value is -7.94. The zero-order valence-corrected chi connectivity index (χ0v) is 32.7. The zero-order valence-electron chi connectivity index (χ0n) is 32.7. The van der Waals surface area contributed by atoms with Gasteiger partial charge in [0, 0.05) is 27.7 Å². The minimum atomic E-state index is 0.867. The van der Waals surface area contributed by atoms with E-state index in [1.54, 1.807) is 0 Å². The fraction of sp³-hybridized carbons (Fsp3) is 0. The van der Waals surface area contributed by atoms with Gasteiger partial charge in [-0.05, 0) is 126 Å². The number of fused-ring (bicyclic) bond motifs is 8. The van der Waals surface area contributed by atoms with E-state index in [0.29, 0.717) is 0 Å². The number of hydrogen-bond acceptors (Lipinski definition) is 2. The first-order valence-corrected chi connectivity index (χ1v) is 20.6. The van der Waals surface area contributed by atoms with Gasteiger partial charge in [0.2, 0.25) is 0 Å². The third-order valence-electron chi connectivity index (χ3n) is 12.2. The van der Waals surface area contributed by atoms with Crippen LogP contribution in [0, 0.1) is 0 Å². The number of anilines is 3. The molecule has 12 aromatic rings. The van der Waals surface area contributed by atoms with E-state index in [1.807, 2.05) is 6.07 Å². The topological polar surface area (TPSA) is 16.4 Å². The van der Waals surface area contributed by atoms with Crippen LogP contribution in [0.1, 0.15) is 0 Å². The standard InChI is InChI=1S/C58H37NO/c1-2-13-44-36-45(24-20-38(44)10-1)39-26-30-47(31-27-39)59(48-32-28-42(29-33-48)50-18-9-14-40-11-3-5-15-49(40)50)54-34-35-56-58(52-17-7-8-19-55(52)60-56)57(54)46-25-23-43-22-21-41-12-4-6-16-51(41)53(43)37-46/h1-37H. The van der Waals surface area contributed by atoms with E-state index in [4.69, 9.17) is 4.42 Å². The van der Waals surface area contributed by atoms with Crippen molar-refractivity contribution in [1.82, 2.24) is 0 Å². The lowest BCUT2D eigenvalue weighted by Crippen LogP contribution is -2.11. The minimum absolute atomic E-state index is 0.867. The summed E-state index contributed by atoms with van der Waals surface area (Å²) in [5.74, 6) is 0. The van der Waals surface area contributed by atoms with E-state index in [9.17, 15) is 0 Å². The summed E-state index contributed by atoms with van der Waals surface area (Å²) < 4.78 is 6.60. The molecule has 2 heteroatoms. The number of furan rings is 1. The van der Waals surface area contributed by atoms with Gasteiger partial charge in [-0.3, -0.25) is 0 Å². The molecule has 11 aromatic carbocycles. The van der Waals surface area contributed by atoms with Crippen molar-refractivity contribution in [2.24, 2.45) is 0 Å². The van der Waals surface area contributed by atoms with Crippen LogP contribution in [0.25, 0.3) is 98.4 Å². The van der Waals surface area contributed by atoms with Crippen LogP contribution in [0.4, 0.5) is 17.1 Å². The van der Waals surface area contributed by atoms with Gasteiger partial charge in [0.05, 0.1) is 5.69 Å². The zero-order chi connectivity index (χ0) is 39.6. The van der Waals surface area contributed by atoms with Gasteiger partial charge in [0.25, 0.3) is 0 Å². The fourth-order valence-corrected chi connectivity index (χ4v) is 9.31. The van der Waals surface area contributed by atoms with E-state index in [-0.39, 0.29) is 0 Å². The maximum absolute atomic E-state index is 6.60. The van der Waals surface area contributed by atoms with Crippen molar-refractivity contribution >= 4 is 82.1 Å². The predicted molar refractivity (Wildman–Crippen MR) is 255 cm³/mol. The Morgan fingerprint density at radius 1 is 0.300 bits per heavy atom. The molecule has 0 unspecified atom stereocenters. The second kappa shape index (κ2) is 13.9. The number of hydrogen-bond donors (Lipinski definition) is 0. The predicted octanol–water partition coefficient (Wildman–Crippen LogP) is 16.7. The second-order valence-corrected chi connectivity index (χ2v) is 15.7. The van der Waals surface area contributed by atoms with Gasteiger partial charge < -0.3 is 9.32 Å². The first-order valence-electron chi connectivity index (χ1n) is 20.6. The van der Waals surface area contributed by atoms with Gasteiger partial charge in [0.1, 0.15) is 11.2 Å². The lowest BCUT2D eigenvalue weighted by molar-refractivity contribution is 0.669. The third-order valence-corrected chi connectivity index (χ3v) is 12.2. The van der Waals surface area contributed by atoms with Gasteiger partial charge in [-0.1, -0.05) is 170 Å². The summed E-state index contributed by atoms with van der Waals surface area (Å²) in [5.41, 5.74) is 12.0. The molecule has 0 amide bonds. The van der Waals surface area contributed by atoms with Crippen LogP contribution in [0.15, 0.2) is 229 Å². The van der Waals surface area contributed by atoms with E-state index in [0.717, 1.165) is 50.1 Å². The van der Waals surface area contributed by atoms with Gasteiger partial charge in [-0.2, -0.15) is 0 Å². The Balaban J connectivity index is 1.09. The van der Waals surface area contributed by atoms with E-state index in [2.05, 4.69) is 223 Å². The molecule has 0 spiro atoms. The Kier molecular flexibility index (Phi) is 7.89. The molecular formula is C58H37NO. The van der Waals surface area contributed by atoms with Crippen molar-refractivity contribution in [3.63, 3.8) is 0 Å². The summed E-state index contributed by atoms with van der Waals surface area (Å²) in [5, 5.41) is 12.1. The van der Waals surface area contributed by atoms with Gasteiger partial charge in [-0.25, -0.2) is 0 Å². The maximum atomic E-state index is 6.60. The first-order chi connectivity index (χ1) is 29.7. The molecule has 0 aliphatic heterocycles. The molecule has 12 rings (SSSR count). The minimum Gasteiger partial charge on any atom is -0.456 e. The average Bonchev–Trinajstić information content (AvgIpc) is 3.70. The van der Waals surface area contributed by atoms with E-state index < -0.39 is 0 Å². The summed E-state index contributed by atoms with van der Waals surface area (Å²) in [7, 11) is 0. The molecule has 0 bridgehead atoms. The van der Waals surface area contributed by atoms with Crippen molar-refractivity contribution in [2.75, 3.05) is 4.90 Å². The molecule has 0 radical (unpaired) electrons. The molecule has 0 aliphatic carbocycles. The Morgan fingerprint density at radius 3 is 1.63 bits per heavy atom. The molecule has 0 aliphatic rings. The average molecular weight is 764 g/mol. The number of benzene rings is 11. The molecule has 60 heavy (non-hydrogen) atoms. The number of rotatable bonds is 6. The van der Waals surface area contributed by atoms with Gasteiger partial charge in [-0.15, -0.1) is 0 Å². The lowest BCUT2D eigenvalue weighted by atomic mass is 9.92. The molecule has 0 saturated carbocycles. The van der Waals surface area contributed by atoms with Gasteiger partial charge in [0.15, 0.2) is 0 Å². The maximum Gasteiger partial charge on any atom is 0.136 e. The molecule has 1 heterocycles. The Bertz CT molecular complexity index is 3590. The lowest BCUT2D eigenvalue weighted by Gasteiger charge is -2.29. The van der Waals surface area contributed by atoms with Crippen LogP contribution in [-0.4, -0.2) is 0 Å². The van der Waals surface area contributed by atoms with Crippen LogP contribution in [0.5, 0.6) is 0 Å². The highest BCUT2D eigenvalue weighted by atomic mass is 16.3. The highest BCUT2D eigenvalue weighted by molar-refractivity contribution is 6.18. The summed E-state index contributed by atoms with van der Waals surface area (Å²) in [6, 6.07) is 81.4. The van der Waals surface area contributed by atoms with Crippen LogP contribution in [-0.2, 0) is 0 Å². The van der Waals surface area contributed by atoms with E-state index in [1.165, 1.54) is 65.3 Å². The Morgan fingerprint density at radius 2 is 0.850 bits per heavy atom. The normalized spacial score (nSPS) is 11.7. The summed E-state index contributed by atoms with van der Waals surface area (Å²) in [6.45, 7) is 0. The molecule has 1 aromatic heterocycles. The Labute approximate surface area is 347 Å². The molecule has 280 valence electrons. The van der Waals surface area contributed by atoms with Crippen LogP contribution in [0.2, 0.25) is 0 Å². The molecule has 0 N–H and O–H groups in total. The van der Waals surface area contributed by atoms with Gasteiger partial charge >= 0.3 is 0 Å². The number of nitrogens with zero attached hydrogens (tertiary/aromatic N) is 1. The van der Waals surface area contributed by atoms with Crippen molar-refractivity contribution in [3.05, 3.63) is 224 Å². The summed E-state index contributed by atoms with van der Waals surface area (Å²) in [4.78, 5) is 2.42. The highest BCUT2D eigenvalue weighted by Gasteiger charge is 2.23. The first kappa shape index (κ1) is 34.1. The van der Waals surface area contributed by atoms with Crippen LogP contribution < -0.4 is 4.90 Å². The van der Waals surface area contributed by atoms with Crippen LogP contribution >= 0.6 is 0 Å². The summed E-state index contributed by atoms with van der Waals surface area (Å²) >= 11 is 0. The summed E-state index contributed by atoms with van der Waals surface area (Å²) in [6.07, 6.45) is 0. The second-order valence-electron chi connectivity index (χ2n) is 15.7. The SMILES string of the molecule is c1ccc2cc(-c3ccc(N(c4ccc(-c5cccc6ccccc56)cc4)c4ccc5oc6ccccc6c5c4-c4ccc5ccc6ccccc6c5c4)cc3)ccc2c1. The van der Waals surface area contributed by atoms with Crippen molar-refractivity contribution in [2.45, 2.75) is 0 Å². The molecule has 0 atom stereocenters. The highest BCUT2D eigenvalue weighted by Crippen LogP contribution is 2.48. The van der Waals surface area contributed by atoms with Crippen LogP contribution in [0.3, 0.4) is 0 Å². The van der Waals surface area contributed by atoms with Crippen molar-refractivity contribution in [3.8, 4) is 33.4 Å². The van der Waals surface area contributed by atoms with Crippen molar-refractivity contribution in [1.29, 1.82) is 0 Å². The molecular weight excluding hydrogens is 727 g/mol. The van der Waals surface area contributed by atoms with E-state index >= 15 is 0 Å².